The van der Waals surface area contributed by atoms with Gasteiger partial charge < -0.3 is 9.47 Å². The third-order valence-electron chi connectivity index (χ3n) is 7.30. The normalized spacial score (nSPS) is 11.3. The van der Waals surface area contributed by atoms with Gasteiger partial charge in [0.1, 0.15) is 0 Å². The Balaban J connectivity index is 2.41. The maximum Gasteiger partial charge on any atom is 0.339 e. The summed E-state index contributed by atoms with van der Waals surface area (Å²) in [4.78, 5) is 25.0. The summed E-state index contributed by atoms with van der Waals surface area (Å²) in [6, 6.07) is 3.24. The van der Waals surface area contributed by atoms with E-state index in [0.29, 0.717) is 12.8 Å². The van der Waals surface area contributed by atoms with Crippen LogP contribution in [0.15, 0.2) is 48.4 Å². The predicted molar refractivity (Wildman–Crippen MR) is 170 cm³/mol. The van der Waals surface area contributed by atoms with Gasteiger partial charge in [-0.25, -0.2) is 9.59 Å². The average molecular weight is 607 g/mol. The van der Waals surface area contributed by atoms with Crippen LogP contribution in [0.1, 0.15) is 149 Å². The zero-order valence-electron chi connectivity index (χ0n) is 25.7. The third-order valence-corrected chi connectivity index (χ3v) is 8.15. The molecule has 0 bridgehead atoms. The number of carbonyl (C=O) groups excluding carboxylic acids is 2. The summed E-state index contributed by atoms with van der Waals surface area (Å²) < 4.78 is 43.4. The van der Waals surface area contributed by atoms with Gasteiger partial charge in [0.2, 0.25) is 0 Å². The van der Waals surface area contributed by atoms with Gasteiger partial charge in [-0.2, -0.15) is 8.42 Å². The Morgan fingerprint density at radius 1 is 0.595 bits per heavy atom. The van der Waals surface area contributed by atoms with Crippen LogP contribution in [0.4, 0.5) is 0 Å². The average Bonchev–Trinajstić information content (AvgIpc) is 2.97. The first kappa shape index (κ1) is 37.6. The molecule has 0 heterocycles. The van der Waals surface area contributed by atoms with Crippen molar-refractivity contribution < 1.29 is 32.0 Å². The van der Waals surface area contributed by atoms with Gasteiger partial charge in [-0.3, -0.25) is 4.55 Å². The van der Waals surface area contributed by atoms with Crippen molar-refractivity contribution in [1.82, 2.24) is 0 Å². The van der Waals surface area contributed by atoms with E-state index < -0.39 is 27.0 Å². The molecule has 0 atom stereocenters. The molecular formula is C34H54O7S. The van der Waals surface area contributed by atoms with Gasteiger partial charge in [-0.1, -0.05) is 102 Å². The Bertz CT molecular complexity index is 1020. The van der Waals surface area contributed by atoms with E-state index in [1.165, 1.54) is 70.3 Å². The predicted octanol–water partition coefficient (Wildman–Crippen LogP) is 9.42. The first-order valence-electron chi connectivity index (χ1n) is 16.0. The second-order valence-corrected chi connectivity index (χ2v) is 12.4. The van der Waals surface area contributed by atoms with Crippen LogP contribution < -0.4 is 0 Å². The lowest BCUT2D eigenvalue weighted by Crippen LogP contribution is -2.16. The lowest BCUT2D eigenvalue weighted by atomic mass is 10.1. The van der Waals surface area contributed by atoms with Crippen LogP contribution in [0.2, 0.25) is 0 Å². The van der Waals surface area contributed by atoms with Gasteiger partial charge >= 0.3 is 11.9 Å². The zero-order chi connectivity index (χ0) is 30.9. The maximum atomic E-state index is 12.8. The number of hydrogen-bond acceptors (Lipinski definition) is 6. The number of hydrogen-bond donors (Lipinski definition) is 1. The number of benzene rings is 1. The van der Waals surface area contributed by atoms with Crippen molar-refractivity contribution in [3.8, 4) is 0 Å². The van der Waals surface area contributed by atoms with Crippen LogP contribution >= 0.6 is 0 Å². The topological polar surface area (TPSA) is 107 Å². The van der Waals surface area contributed by atoms with Crippen LogP contribution in [0.25, 0.3) is 0 Å². The fraction of sp³-hybridized carbons (Fsp3) is 0.647. The lowest BCUT2D eigenvalue weighted by Gasteiger charge is -2.11. The fourth-order valence-electron chi connectivity index (χ4n) is 4.77. The molecule has 0 aliphatic heterocycles. The summed E-state index contributed by atoms with van der Waals surface area (Å²) in [5.74, 6) is -1.52. The SMILES string of the molecule is C=CCCCCCCCCCCCOC(=O)c1ccc(S(=O)(=O)O)cc1C(=O)OCCCCCCCCCCCC=C. The smallest absolute Gasteiger partial charge is 0.339 e. The number of carbonyl (C=O) groups is 2. The second kappa shape index (κ2) is 24.0. The molecule has 0 unspecified atom stereocenters. The molecule has 0 saturated carbocycles. The summed E-state index contributed by atoms with van der Waals surface area (Å²) >= 11 is 0. The number of rotatable bonds is 27. The summed E-state index contributed by atoms with van der Waals surface area (Å²) in [6.07, 6.45) is 26.0. The van der Waals surface area contributed by atoms with Gasteiger partial charge in [-0.05, 0) is 56.7 Å². The second-order valence-electron chi connectivity index (χ2n) is 11.0. The van der Waals surface area contributed by atoms with E-state index in [4.69, 9.17) is 9.47 Å². The van der Waals surface area contributed by atoms with Crippen LogP contribution in [-0.2, 0) is 19.6 Å². The first-order valence-corrected chi connectivity index (χ1v) is 17.4. The molecule has 0 aliphatic carbocycles. The van der Waals surface area contributed by atoms with Gasteiger partial charge in [0.05, 0.1) is 29.2 Å². The molecule has 1 N–H and O–H groups in total. The maximum absolute atomic E-state index is 12.8. The summed E-state index contributed by atoms with van der Waals surface area (Å²) in [7, 11) is -4.56. The quantitative estimate of drug-likeness (QED) is 0.0460. The van der Waals surface area contributed by atoms with Crippen molar-refractivity contribution in [2.45, 2.75) is 133 Å². The zero-order valence-corrected chi connectivity index (χ0v) is 26.5. The molecule has 0 amide bonds. The van der Waals surface area contributed by atoms with Crippen LogP contribution in [-0.4, -0.2) is 38.1 Å². The molecule has 0 aromatic heterocycles. The van der Waals surface area contributed by atoms with E-state index in [1.807, 2.05) is 12.2 Å². The van der Waals surface area contributed by atoms with Crippen LogP contribution in [0.5, 0.6) is 0 Å². The number of esters is 2. The minimum absolute atomic E-state index is 0.0723. The first-order chi connectivity index (χ1) is 20.3. The monoisotopic (exact) mass is 606 g/mol. The molecule has 1 rings (SSSR count). The Kier molecular flexibility index (Phi) is 21.5. The van der Waals surface area contributed by atoms with Crippen molar-refractivity contribution in [3.05, 3.63) is 54.6 Å². The molecule has 0 aliphatic rings. The molecule has 0 fully saturated rings. The molecule has 0 saturated heterocycles. The van der Waals surface area contributed by atoms with Crippen molar-refractivity contribution in [1.29, 1.82) is 0 Å². The fourth-order valence-corrected chi connectivity index (χ4v) is 5.28. The number of unbranched alkanes of at least 4 members (excludes halogenated alkanes) is 18. The molecule has 42 heavy (non-hydrogen) atoms. The van der Waals surface area contributed by atoms with Gasteiger partial charge in [0, 0.05) is 0 Å². The van der Waals surface area contributed by atoms with Crippen molar-refractivity contribution in [3.63, 3.8) is 0 Å². The van der Waals surface area contributed by atoms with Crippen LogP contribution in [0, 0.1) is 0 Å². The van der Waals surface area contributed by atoms with Crippen molar-refractivity contribution >= 4 is 22.1 Å². The Hall–Kier alpha value is -2.45. The van der Waals surface area contributed by atoms with E-state index >= 15 is 0 Å². The molecule has 8 heteroatoms. The number of ether oxygens (including phenoxy) is 2. The highest BCUT2D eigenvalue weighted by atomic mass is 32.2. The highest BCUT2D eigenvalue weighted by molar-refractivity contribution is 7.85. The molecule has 0 radical (unpaired) electrons. The summed E-state index contributed by atoms with van der Waals surface area (Å²) in [5.41, 5.74) is -0.295. The summed E-state index contributed by atoms with van der Waals surface area (Å²) in [5, 5.41) is 0. The Morgan fingerprint density at radius 3 is 1.33 bits per heavy atom. The molecule has 7 nitrogen and oxygen atoms in total. The molecule has 0 spiro atoms. The van der Waals surface area contributed by atoms with Crippen molar-refractivity contribution in [2.75, 3.05) is 13.2 Å². The molecule has 238 valence electrons. The largest absolute Gasteiger partial charge is 0.462 e. The van der Waals surface area contributed by atoms with E-state index in [-0.39, 0.29) is 24.3 Å². The van der Waals surface area contributed by atoms with Crippen LogP contribution in [0.3, 0.4) is 0 Å². The highest BCUT2D eigenvalue weighted by Crippen LogP contribution is 2.19. The van der Waals surface area contributed by atoms with Gasteiger partial charge in [0.15, 0.2) is 0 Å². The van der Waals surface area contributed by atoms with E-state index in [0.717, 1.165) is 63.5 Å². The minimum atomic E-state index is -4.56. The standard InChI is InChI=1S/C34H54O7S/c1-3-5-7-9-11-13-15-17-19-21-23-27-40-33(35)31-26-25-30(42(37,38)39)29-32(31)34(36)41-28-24-22-20-18-16-14-12-10-8-6-4-2/h3-4,25-26,29H,1-2,5-24,27-28H2,(H,37,38,39). The molecule has 1 aromatic rings. The minimum Gasteiger partial charge on any atom is -0.462 e. The van der Waals surface area contributed by atoms with E-state index in [2.05, 4.69) is 13.2 Å². The molecular weight excluding hydrogens is 552 g/mol. The van der Waals surface area contributed by atoms with Gasteiger partial charge in [0.25, 0.3) is 10.1 Å². The molecule has 1 aromatic carbocycles. The van der Waals surface area contributed by atoms with E-state index in [9.17, 15) is 22.6 Å². The van der Waals surface area contributed by atoms with Crippen molar-refractivity contribution in [2.24, 2.45) is 0 Å². The Labute approximate surface area is 254 Å². The van der Waals surface area contributed by atoms with Gasteiger partial charge in [-0.15, -0.1) is 13.2 Å². The van der Waals surface area contributed by atoms with E-state index in [1.54, 1.807) is 0 Å². The lowest BCUT2D eigenvalue weighted by molar-refractivity contribution is 0.0450. The number of allylic oxidation sites excluding steroid dienone is 2. The highest BCUT2D eigenvalue weighted by Gasteiger charge is 2.23. The third kappa shape index (κ3) is 18.2. The summed E-state index contributed by atoms with van der Waals surface area (Å²) in [6.45, 7) is 7.86. The Morgan fingerprint density at radius 2 is 0.952 bits per heavy atom.